The zero-order valence-electron chi connectivity index (χ0n) is 6.75. The van der Waals surface area contributed by atoms with Crippen molar-refractivity contribution in [2.24, 2.45) is 0 Å². The van der Waals surface area contributed by atoms with E-state index < -0.39 is 11.8 Å². The van der Waals surface area contributed by atoms with Crippen LogP contribution in [0.3, 0.4) is 0 Å². The van der Waals surface area contributed by atoms with Gasteiger partial charge in [0.25, 0.3) is 0 Å². The van der Waals surface area contributed by atoms with Gasteiger partial charge in [0.1, 0.15) is 0 Å². The Hall–Kier alpha value is -0.140. The molecule has 0 aromatic carbocycles. The van der Waals surface area contributed by atoms with Crippen LogP contribution in [0.4, 0.5) is 0 Å². The lowest BCUT2D eigenvalue weighted by Gasteiger charge is -2.04. The van der Waals surface area contributed by atoms with Crippen LogP contribution in [0.1, 0.15) is 26.2 Å². The summed E-state index contributed by atoms with van der Waals surface area (Å²) in [5, 5.41) is 8.67. The Kier molecular flexibility index (Phi) is 6.48. The van der Waals surface area contributed by atoms with Crippen LogP contribution in [0.15, 0.2) is 0 Å². The Bertz CT molecular complexity index is 114. The Balaban J connectivity index is 3.18. The van der Waals surface area contributed by atoms with Crippen LogP contribution < -0.4 is 0 Å². The Morgan fingerprint density at radius 1 is 1.64 bits per heavy atom. The topological polar surface area (TPSA) is 46.5 Å². The molecule has 0 rings (SSSR count). The number of aliphatic hydroxyl groups excluding tert-OH is 1. The van der Waals surface area contributed by atoms with E-state index in [2.05, 4.69) is 6.92 Å². The van der Waals surface area contributed by atoms with Gasteiger partial charge in [-0.1, -0.05) is 29.0 Å². The van der Waals surface area contributed by atoms with Crippen LogP contribution in [-0.2, 0) is 9.53 Å². The van der Waals surface area contributed by atoms with Gasteiger partial charge in [0, 0.05) is 0 Å². The largest absolute Gasteiger partial charge is 0.464 e. The average Bonchev–Trinajstić information content (AvgIpc) is 1.97. The quantitative estimate of drug-likeness (QED) is 0.386. The van der Waals surface area contributed by atoms with Gasteiger partial charge in [0.15, 0.2) is 5.85 Å². The molecular weight excluding hydrogens is 163 g/mol. The average molecular weight is 178 g/mol. The second-order valence-electron chi connectivity index (χ2n) is 2.32. The fourth-order valence-electron chi connectivity index (χ4n) is 0.610. The number of unbranched alkanes of at least 4 members (excludes halogenated alkanes) is 2. The molecule has 0 aromatic heterocycles. The van der Waals surface area contributed by atoms with E-state index in [-0.39, 0.29) is 0 Å². The van der Waals surface area contributed by atoms with Gasteiger partial charge in [-0.05, 0) is 6.42 Å². The molecular formula is C7H15O3P. The van der Waals surface area contributed by atoms with E-state index in [4.69, 9.17) is 9.84 Å². The van der Waals surface area contributed by atoms with Crippen molar-refractivity contribution < 1.29 is 14.6 Å². The lowest BCUT2D eigenvalue weighted by atomic mass is 10.3. The van der Waals surface area contributed by atoms with Crippen LogP contribution in [0.2, 0.25) is 0 Å². The number of rotatable bonds is 5. The predicted octanol–water partition coefficient (Wildman–Crippen LogP) is 0.913. The molecule has 4 heteroatoms. The van der Waals surface area contributed by atoms with Crippen molar-refractivity contribution in [1.29, 1.82) is 0 Å². The minimum atomic E-state index is -1.07. The maximum absolute atomic E-state index is 10.6. The van der Waals surface area contributed by atoms with E-state index in [1.54, 1.807) is 0 Å². The van der Waals surface area contributed by atoms with Crippen molar-refractivity contribution >= 4 is 15.2 Å². The zero-order chi connectivity index (χ0) is 8.69. The van der Waals surface area contributed by atoms with Crippen LogP contribution in [-0.4, -0.2) is 23.5 Å². The molecule has 3 nitrogen and oxygen atoms in total. The molecule has 0 radical (unpaired) electrons. The van der Waals surface area contributed by atoms with Gasteiger partial charge >= 0.3 is 5.97 Å². The van der Waals surface area contributed by atoms with Gasteiger partial charge in [0.05, 0.1) is 6.61 Å². The fourth-order valence-corrected chi connectivity index (χ4v) is 0.706. The molecule has 0 aliphatic rings. The molecule has 0 aliphatic carbocycles. The smallest absolute Gasteiger partial charge is 0.338 e. The van der Waals surface area contributed by atoms with Crippen LogP contribution >= 0.6 is 9.24 Å². The first-order chi connectivity index (χ1) is 5.18. The lowest BCUT2D eigenvalue weighted by Crippen LogP contribution is -2.16. The summed E-state index contributed by atoms with van der Waals surface area (Å²) in [5.41, 5.74) is 0. The second-order valence-corrected chi connectivity index (χ2v) is 2.95. The minimum absolute atomic E-state index is 0.415. The molecule has 0 bridgehead atoms. The van der Waals surface area contributed by atoms with Crippen LogP contribution in [0.25, 0.3) is 0 Å². The molecule has 0 aliphatic heterocycles. The predicted molar refractivity (Wildman–Crippen MR) is 46.2 cm³/mol. The number of ether oxygens (including phenoxy) is 1. The van der Waals surface area contributed by atoms with Gasteiger partial charge in [-0.3, -0.25) is 0 Å². The summed E-state index contributed by atoms with van der Waals surface area (Å²) in [4.78, 5) is 10.6. The first kappa shape index (κ1) is 10.9. The number of esters is 1. The number of carbonyl (C=O) groups excluding carboxylic acids is 1. The van der Waals surface area contributed by atoms with E-state index in [0.717, 1.165) is 19.3 Å². The molecule has 0 spiro atoms. The highest BCUT2D eigenvalue weighted by Crippen LogP contribution is 1.99. The molecule has 2 atom stereocenters. The standard InChI is InChI=1S/C7H15O3P/c1-2-3-4-5-10-6(8)7(9)11/h7,9H,2-5,11H2,1H3. The van der Waals surface area contributed by atoms with Gasteiger partial charge in [0.2, 0.25) is 0 Å². The number of carbonyl (C=O) groups is 1. The fraction of sp³-hybridized carbons (Fsp3) is 0.857. The zero-order valence-corrected chi connectivity index (χ0v) is 7.90. The SMILES string of the molecule is CCCCCOC(=O)C(O)P. The summed E-state index contributed by atoms with van der Waals surface area (Å²) in [6.45, 7) is 2.49. The molecule has 11 heavy (non-hydrogen) atoms. The van der Waals surface area contributed by atoms with Gasteiger partial charge in [-0.2, -0.15) is 0 Å². The summed E-state index contributed by atoms with van der Waals surface area (Å²) in [7, 11) is 1.98. The maximum atomic E-state index is 10.6. The molecule has 0 fully saturated rings. The Morgan fingerprint density at radius 3 is 2.73 bits per heavy atom. The first-order valence-electron chi connectivity index (χ1n) is 3.78. The van der Waals surface area contributed by atoms with E-state index in [1.807, 2.05) is 9.24 Å². The lowest BCUT2D eigenvalue weighted by molar-refractivity contribution is -0.148. The van der Waals surface area contributed by atoms with Gasteiger partial charge < -0.3 is 9.84 Å². The maximum Gasteiger partial charge on any atom is 0.338 e. The third-order valence-electron chi connectivity index (χ3n) is 1.23. The van der Waals surface area contributed by atoms with E-state index >= 15 is 0 Å². The molecule has 0 saturated heterocycles. The van der Waals surface area contributed by atoms with Crippen molar-refractivity contribution in [2.45, 2.75) is 32.0 Å². The second kappa shape index (κ2) is 6.56. The molecule has 1 N–H and O–H groups in total. The van der Waals surface area contributed by atoms with Gasteiger partial charge in [-0.15, -0.1) is 0 Å². The highest BCUT2D eigenvalue weighted by atomic mass is 31.0. The summed E-state index contributed by atoms with van der Waals surface area (Å²) < 4.78 is 4.70. The Morgan fingerprint density at radius 2 is 2.27 bits per heavy atom. The molecule has 0 heterocycles. The number of aliphatic hydroxyl groups is 1. The molecule has 2 unspecified atom stereocenters. The summed E-state index contributed by atoms with van der Waals surface area (Å²) in [6.07, 6.45) is 3.03. The van der Waals surface area contributed by atoms with Crippen molar-refractivity contribution in [3.8, 4) is 0 Å². The minimum Gasteiger partial charge on any atom is -0.464 e. The highest BCUT2D eigenvalue weighted by molar-refractivity contribution is 7.18. The van der Waals surface area contributed by atoms with Crippen molar-refractivity contribution in [3.63, 3.8) is 0 Å². The molecule has 66 valence electrons. The summed E-state index contributed by atoms with van der Waals surface area (Å²) in [5.74, 6) is -1.64. The van der Waals surface area contributed by atoms with Crippen molar-refractivity contribution in [1.82, 2.24) is 0 Å². The van der Waals surface area contributed by atoms with E-state index in [1.165, 1.54) is 0 Å². The van der Waals surface area contributed by atoms with Crippen LogP contribution in [0, 0.1) is 0 Å². The van der Waals surface area contributed by atoms with Crippen molar-refractivity contribution in [3.05, 3.63) is 0 Å². The Labute approximate surface area is 69.3 Å². The van der Waals surface area contributed by atoms with Crippen LogP contribution in [0.5, 0.6) is 0 Å². The number of hydrogen-bond acceptors (Lipinski definition) is 3. The highest BCUT2D eigenvalue weighted by Gasteiger charge is 2.08. The van der Waals surface area contributed by atoms with Crippen molar-refractivity contribution in [2.75, 3.05) is 6.61 Å². The van der Waals surface area contributed by atoms with Gasteiger partial charge in [-0.25, -0.2) is 4.79 Å². The summed E-state index contributed by atoms with van der Waals surface area (Å²) in [6, 6.07) is 0. The summed E-state index contributed by atoms with van der Waals surface area (Å²) >= 11 is 0. The third-order valence-corrected chi connectivity index (χ3v) is 1.51. The van der Waals surface area contributed by atoms with E-state index in [0.29, 0.717) is 6.61 Å². The number of hydrogen-bond donors (Lipinski definition) is 1. The van der Waals surface area contributed by atoms with E-state index in [9.17, 15) is 4.79 Å². The normalized spacial score (nSPS) is 12.6. The molecule has 0 saturated carbocycles. The monoisotopic (exact) mass is 178 g/mol. The third kappa shape index (κ3) is 6.27. The first-order valence-corrected chi connectivity index (χ1v) is 4.45. The molecule has 0 aromatic rings. The molecule has 0 amide bonds.